The van der Waals surface area contributed by atoms with Gasteiger partial charge in [-0.1, -0.05) is 0 Å². The molecule has 0 saturated heterocycles. The maximum Gasteiger partial charge on any atom is 0.181 e. The van der Waals surface area contributed by atoms with Gasteiger partial charge >= 0.3 is 0 Å². The number of aromatic amines is 1. The Kier molecular flexibility index (Phi) is 4.27. The molecule has 0 bridgehead atoms. The van der Waals surface area contributed by atoms with Crippen molar-refractivity contribution in [2.24, 2.45) is 5.73 Å². The molecule has 2 rings (SSSR count). The van der Waals surface area contributed by atoms with Gasteiger partial charge in [0.1, 0.15) is 18.2 Å². The molecule has 0 amide bonds. The summed E-state index contributed by atoms with van der Waals surface area (Å²) in [4.78, 5) is 4.25. The molecule has 0 aliphatic carbocycles. The molecule has 0 aliphatic heterocycles. The minimum Gasteiger partial charge on any atom is -0.491 e. The van der Waals surface area contributed by atoms with Crippen LogP contribution in [0.1, 0.15) is 5.82 Å². The van der Waals surface area contributed by atoms with Crippen molar-refractivity contribution in [3.8, 4) is 17.1 Å². The van der Waals surface area contributed by atoms with Gasteiger partial charge in [-0.05, 0) is 24.3 Å². The average molecular weight is 248 g/mol. The summed E-state index contributed by atoms with van der Waals surface area (Å²) >= 11 is 0. The van der Waals surface area contributed by atoms with Crippen LogP contribution >= 0.6 is 0 Å². The van der Waals surface area contributed by atoms with E-state index >= 15 is 0 Å². The molecule has 6 nitrogen and oxygen atoms in total. The Labute approximate surface area is 105 Å². The van der Waals surface area contributed by atoms with Gasteiger partial charge < -0.3 is 15.2 Å². The molecule has 0 radical (unpaired) electrons. The Balaban J connectivity index is 2.02. The highest BCUT2D eigenvalue weighted by atomic mass is 16.5. The number of aromatic nitrogens is 3. The van der Waals surface area contributed by atoms with E-state index in [1.807, 2.05) is 24.3 Å². The third kappa shape index (κ3) is 3.06. The first kappa shape index (κ1) is 12.5. The highest BCUT2D eigenvalue weighted by Gasteiger charge is 2.04. The van der Waals surface area contributed by atoms with Crippen molar-refractivity contribution in [2.45, 2.75) is 6.54 Å². The maximum absolute atomic E-state index is 5.47. The van der Waals surface area contributed by atoms with Crippen molar-refractivity contribution in [3.05, 3.63) is 30.1 Å². The zero-order valence-electron chi connectivity index (χ0n) is 10.2. The Hall–Kier alpha value is -1.92. The summed E-state index contributed by atoms with van der Waals surface area (Å²) < 4.78 is 10.4. The van der Waals surface area contributed by atoms with Gasteiger partial charge in [-0.2, -0.15) is 5.10 Å². The summed E-state index contributed by atoms with van der Waals surface area (Å²) in [5.41, 5.74) is 6.39. The average Bonchev–Trinajstić information content (AvgIpc) is 2.89. The zero-order chi connectivity index (χ0) is 12.8. The summed E-state index contributed by atoms with van der Waals surface area (Å²) in [6.07, 6.45) is 0. The van der Waals surface area contributed by atoms with Crippen LogP contribution in [0.2, 0.25) is 0 Å². The van der Waals surface area contributed by atoms with E-state index in [1.54, 1.807) is 7.11 Å². The van der Waals surface area contributed by atoms with E-state index < -0.39 is 0 Å². The van der Waals surface area contributed by atoms with E-state index in [2.05, 4.69) is 15.2 Å². The molecule has 0 aliphatic rings. The standard InChI is InChI=1S/C12H16N4O2/c1-17-6-7-18-10-4-2-9(3-5-10)12-14-11(8-13)15-16-12/h2-5H,6-8,13H2,1H3,(H,14,15,16). The van der Waals surface area contributed by atoms with Gasteiger partial charge in [0.2, 0.25) is 0 Å². The molecule has 18 heavy (non-hydrogen) atoms. The third-order valence-corrected chi connectivity index (χ3v) is 2.39. The van der Waals surface area contributed by atoms with Gasteiger partial charge in [0.05, 0.1) is 13.2 Å². The molecule has 0 atom stereocenters. The monoisotopic (exact) mass is 248 g/mol. The van der Waals surface area contributed by atoms with Gasteiger partial charge in [-0.15, -0.1) is 0 Å². The summed E-state index contributed by atoms with van der Waals surface area (Å²) in [6, 6.07) is 7.57. The Morgan fingerprint density at radius 3 is 2.61 bits per heavy atom. The number of hydrogen-bond donors (Lipinski definition) is 2. The number of nitrogens with two attached hydrogens (primary N) is 1. The van der Waals surface area contributed by atoms with Crippen molar-refractivity contribution in [1.29, 1.82) is 0 Å². The van der Waals surface area contributed by atoms with Crippen molar-refractivity contribution < 1.29 is 9.47 Å². The summed E-state index contributed by atoms with van der Waals surface area (Å²) in [7, 11) is 1.64. The minimum atomic E-state index is 0.352. The fourth-order valence-corrected chi connectivity index (χ4v) is 1.46. The number of rotatable bonds is 6. The quantitative estimate of drug-likeness (QED) is 0.743. The lowest BCUT2D eigenvalue weighted by Gasteiger charge is -2.05. The molecule has 1 heterocycles. The number of H-pyrrole nitrogens is 1. The number of methoxy groups -OCH3 is 1. The lowest BCUT2D eigenvalue weighted by atomic mass is 10.2. The number of benzene rings is 1. The summed E-state index contributed by atoms with van der Waals surface area (Å²) in [5.74, 6) is 2.11. The van der Waals surface area contributed by atoms with E-state index in [9.17, 15) is 0 Å². The van der Waals surface area contributed by atoms with Gasteiger partial charge in [-0.25, -0.2) is 4.98 Å². The van der Waals surface area contributed by atoms with Crippen LogP contribution in [0.25, 0.3) is 11.4 Å². The fraction of sp³-hybridized carbons (Fsp3) is 0.333. The van der Waals surface area contributed by atoms with Crippen LogP contribution in [0.4, 0.5) is 0 Å². The maximum atomic E-state index is 5.47. The molecular formula is C12H16N4O2. The molecular weight excluding hydrogens is 232 g/mol. The molecule has 1 aromatic carbocycles. The van der Waals surface area contributed by atoms with Gasteiger partial charge in [0.15, 0.2) is 5.82 Å². The van der Waals surface area contributed by atoms with Crippen molar-refractivity contribution in [2.75, 3.05) is 20.3 Å². The Morgan fingerprint density at radius 1 is 1.22 bits per heavy atom. The van der Waals surface area contributed by atoms with Crippen LogP contribution in [-0.2, 0) is 11.3 Å². The van der Waals surface area contributed by atoms with E-state index in [-0.39, 0.29) is 0 Å². The predicted molar refractivity (Wildman–Crippen MR) is 67.1 cm³/mol. The van der Waals surface area contributed by atoms with Gasteiger partial charge in [-0.3, -0.25) is 5.10 Å². The normalized spacial score (nSPS) is 10.6. The summed E-state index contributed by atoms with van der Waals surface area (Å²) in [5, 5.41) is 6.86. The molecule has 6 heteroatoms. The molecule has 0 fully saturated rings. The third-order valence-electron chi connectivity index (χ3n) is 2.39. The number of nitrogens with zero attached hydrogens (tertiary/aromatic N) is 2. The molecule has 2 aromatic rings. The topological polar surface area (TPSA) is 86.0 Å². The highest BCUT2D eigenvalue weighted by Crippen LogP contribution is 2.19. The van der Waals surface area contributed by atoms with Crippen LogP contribution < -0.4 is 10.5 Å². The molecule has 0 spiro atoms. The first-order valence-corrected chi connectivity index (χ1v) is 5.67. The molecule has 0 saturated carbocycles. The number of ether oxygens (including phenoxy) is 2. The second-order valence-electron chi connectivity index (χ2n) is 3.68. The second-order valence-corrected chi connectivity index (χ2v) is 3.68. The van der Waals surface area contributed by atoms with Gasteiger partial charge in [0.25, 0.3) is 0 Å². The minimum absolute atomic E-state index is 0.352. The van der Waals surface area contributed by atoms with E-state index in [4.69, 9.17) is 15.2 Å². The van der Waals surface area contributed by atoms with Crippen LogP contribution in [-0.4, -0.2) is 35.5 Å². The highest BCUT2D eigenvalue weighted by molar-refractivity contribution is 5.55. The van der Waals surface area contributed by atoms with E-state index in [1.165, 1.54) is 0 Å². The van der Waals surface area contributed by atoms with Gasteiger partial charge in [0, 0.05) is 12.7 Å². The molecule has 0 unspecified atom stereocenters. The fourth-order valence-electron chi connectivity index (χ4n) is 1.46. The van der Waals surface area contributed by atoms with Crippen LogP contribution in [0, 0.1) is 0 Å². The van der Waals surface area contributed by atoms with E-state index in [0.717, 1.165) is 11.3 Å². The lowest BCUT2D eigenvalue weighted by molar-refractivity contribution is 0.146. The number of hydrogen-bond acceptors (Lipinski definition) is 5. The van der Waals surface area contributed by atoms with Crippen molar-refractivity contribution in [3.63, 3.8) is 0 Å². The Bertz CT molecular complexity index is 481. The Morgan fingerprint density at radius 2 is 2.00 bits per heavy atom. The van der Waals surface area contributed by atoms with Crippen LogP contribution in [0.5, 0.6) is 5.75 Å². The van der Waals surface area contributed by atoms with Crippen molar-refractivity contribution >= 4 is 0 Å². The molecule has 96 valence electrons. The molecule has 3 N–H and O–H groups in total. The SMILES string of the molecule is COCCOc1ccc(-c2n[nH]c(CN)n2)cc1. The zero-order valence-corrected chi connectivity index (χ0v) is 10.2. The number of nitrogens with one attached hydrogen (secondary N) is 1. The van der Waals surface area contributed by atoms with Crippen LogP contribution in [0.15, 0.2) is 24.3 Å². The largest absolute Gasteiger partial charge is 0.491 e. The van der Waals surface area contributed by atoms with E-state index in [0.29, 0.717) is 31.4 Å². The summed E-state index contributed by atoms with van der Waals surface area (Å²) in [6.45, 7) is 1.46. The van der Waals surface area contributed by atoms with Crippen LogP contribution in [0.3, 0.4) is 0 Å². The first-order valence-electron chi connectivity index (χ1n) is 5.67. The molecule has 1 aromatic heterocycles. The smallest absolute Gasteiger partial charge is 0.181 e. The predicted octanol–water partition coefficient (Wildman–Crippen LogP) is 0.956. The first-order chi connectivity index (χ1) is 8.83. The second kappa shape index (κ2) is 6.13. The van der Waals surface area contributed by atoms with Crippen molar-refractivity contribution in [1.82, 2.24) is 15.2 Å². The lowest BCUT2D eigenvalue weighted by Crippen LogP contribution is -2.03.